The van der Waals surface area contributed by atoms with E-state index in [0.717, 1.165) is 5.69 Å². The smallest absolute Gasteiger partial charge is 0.306 e. The first-order valence-corrected chi connectivity index (χ1v) is 6.60. The summed E-state index contributed by atoms with van der Waals surface area (Å²) in [7, 11) is 5.48. The molecule has 0 N–H and O–H groups in total. The molecule has 0 bridgehead atoms. The Morgan fingerprint density at radius 1 is 1.21 bits per heavy atom. The van der Waals surface area contributed by atoms with Gasteiger partial charge in [-0.1, -0.05) is 32.9 Å². The average molecular weight is 263 g/mol. The van der Waals surface area contributed by atoms with E-state index in [1.54, 1.807) is 0 Å². The van der Waals surface area contributed by atoms with Crippen molar-refractivity contribution in [1.82, 2.24) is 0 Å². The minimum atomic E-state index is -0.156. The first kappa shape index (κ1) is 15.5. The summed E-state index contributed by atoms with van der Waals surface area (Å²) in [5.74, 6) is 0.00720. The van der Waals surface area contributed by atoms with Gasteiger partial charge < -0.3 is 9.64 Å². The second kappa shape index (κ2) is 6.09. The summed E-state index contributed by atoms with van der Waals surface area (Å²) >= 11 is 0. The van der Waals surface area contributed by atoms with Crippen LogP contribution in [-0.2, 0) is 9.53 Å². The molecular formula is C16H25NO2. The minimum Gasteiger partial charge on any atom is -0.469 e. The minimum absolute atomic E-state index is 0.0216. The van der Waals surface area contributed by atoms with Gasteiger partial charge >= 0.3 is 5.97 Å². The van der Waals surface area contributed by atoms with Gasteiger partial charge in [-0.25, -0.2) is 0 Å². The van der Waals surface area contributed by atoms with E-state index < -0.39 is 0 Å². The molecule has 0 fully saturated rings. The first-order chi connectivity index (χ1) is 8.75. The Morgan fingerprint density at radius 3 is 2.11 bits per heavy atom. The number of benzene rings is 1. The number of esters is 1. The lowest BCUT2D eigenvalue weighted by Crippen LogP contribution is -2.22. The van der Waals surface area contributed by atoms with Crippen LogP contribution in [0.25, 0.3) is 0 Å². The molecule has 0 saturated heterocycles. The highest BCUT2D eigenvalue weighted by molar-refractivity contribution is 5.70. The van der Waals surface area contributed by atoms with Crippen molar-refractivity contribution in [3.63, 3.8) is 0 Å². The van der Waals surface area contributed by atoms with Crippen LogP contribution in [0.5, 0.6) is 0 Å². The van der Waals surface area contributed by atoms with Gasteiger partial charge in [0.25, 0.3) is 0 Å². The van der Waals surface area contributed by atoms with Gasteiger partial charge in [-0.3, -0.25) is 4.79 Å². The van der Waals surface area contributed by atoms with Crippen molar-refractivity contribution in [3.8, 4) is 0 Å². The number of hydrogen-bond acceptors (Lipinski definition) is 3. The molecule has 3 nitrogen and oxygen atoms in total. The number of rotatable bonds is 4. The van der Waals surface area contributed by atoms with Crippen LogP contribution in [0.1, 0.15) is 38.7 Å². The van der Waals surface area contributed by atoms with Crippen molar-refractivity contribution in [3.05, 3.63) is 29.8 Å². The third-order valence-corrected chi connectivity index (χ3v) is 3.46. The highest BCUT2D eigenvalue weighted by Gasteiger charge is 2.28. The number of carbonyl (C=O) groups excluding carboxylic acids is 1. The largest absolute Gasteiger partial charge is 0.469 e. The van der Waals surface area contributed by atoms with Crippen molar-refractivity contribution in [2.24, 2.45) is 5.41 Å². The van der Waals surface area contributed by atoms with E-state index in [0.29, 0.717) is 6.42 Å². The molecule has 1 unspecified atom stereocenters. The summed E-state index contributed by atoms with van der Waals surface area (Å²) < 4.78 is 4.81. The Morgan fingerprint density at radius 2 is 1.74 bits per heavy atom. The molecular weight excluding hydrogens is 238 g/mol. The highest BCUT2D eigenvalue weighted by Crippen LogP contribution is 2.38. The van der Waals surface area contributed by atoms with Crippen molar-refractivity contribution in [2.45, 2.75) is 33.1 Å². The van der Waals surface area contributed by atoms with Gasteiger partial charge in [-0.2, -0.15) is 0 Å². The molecule has 0 aromatic heterocycles. The molecule has 1 atom stereocenters. The van der Waals surface area contributed by atoms with Crippen LogP contribution in [0.15, 0.2) is 24.3 Å². The van der Waals surface area contributed by atoms with Gasteiger partial charge in [0.15, 0.2) is 0 Å². The second-order valence-corrected chi connectivity index (χ2v) is 6.18. The van der Waals surface area contributed by atoms with Crippen molar-refractivity contribution >= 4 is 11.7 Å². The molecule has 0 aliphatic rings. The summed E-state index contributed by atoms with van der Waals surface area (Å²) in [6.45, 7) is 6.46. The lowest BCUT2D eigenvalue weighted by atomic mass is 9.74. The summed E-state index contributed by atoms with van der Waals surface area (Å²) in [5, 5.41) is 0. The fraction of sp³-hybridized carbons (Fsp3) is 0.562. The number of nitrogens with zero attached hydrogens (tertiary/aromatic N) is 1. The quantitative estimate of drug-likeness (QED) is 0.779. The van der Waals surface area contributed by atoms with E-state index in [1.165, 1.54) is 12.7 Å². The van der Waals surface area contributed by atoms with E-state index in [1.807, 2.05) is 14.1 Å². The van der Waals surface area contributed by atoms with Gasteiger partial charge in [-0.05, 0) is 29.0 Å². The zero-order valence-electron chi connectivity index (χ0n) is 12.9. The van der Waals surface area contributed by atoms with Crippen LogP contribution in [0.4, 0.5) is 5.69 Å². The second-order valence-electron chi connectivity index (χ2n) is 6.18. The molecule has 3 heteroatoms. The van der Waals surface area contributed by atoms with Gasteiger partial charge in [0, 0.05) is 19.8 Å². The van der Waals surface area contributed by atoms with E-state index in [-0.39, 0.29) is 17.3 Å². The van der Waals surface area contributed by atoms with E-state index in [4.69, 9.17) is 4.74 Å². The van der Waals surface area contributed by atoms with Crippen LogP contribution in [-0.4, -0.2) is 27.2 Å². The monoisotopic (exact) mass is 263 g/mol. The predicted octanol–water partition coefficient (Wildman–Crippen LogP) is 3.45. The molecule has 106 valence electrons. The van der Waals surface area contributed by atoms with Gasteiger partial charge in [0.05, 0.1) is 13.5 Å². The molecule has 1 aromatic rings. The van der Waals surface area contributed by atoms with Gasteiger partial charge in [0.2, 0.25) is 0 Å². The number of anilines is 1. The molecule has 0 amide bonds. The molecule has 0 aliphatic heterocycles. The van der Waals surface area contributed by atoms with Crippen LogP contribution >= 0.6 is 0 Å². The zero-order chi connectivity index (χ0) is 14.6. The molecule has 19 heavy (non-hydrogen) atoms. The van der Waals surface area contributed by atoms with Crippen molar-refractivity contribution in [2.75, 3.05) is 26.1 Å². The average Bonchev–Trinajstić information content (AvgIpc) is 2.34. The van der Waals surface area contributed by atoms with Gasteiger partial charge in [0.1, 0.15) is 0 Å². The Kier molecular flexibility index (Phi) is 4.98. The maximum Gasteiger partial charge on any atom is 0.306 e. The number of methoxy groups -OCH3 is 1. The lowest BCUT2D eigenvalue weighted by Gasteiger charge is -2.30. The Hall–Kier alpha value is -1.51. The van der Waals surface area contributed by atoms with E-state index in [9.17, 15) is 4.79 Å². The van der Waals surface area contributed by atoms with Crippen LogP contribution < -0.4 is 4.90 Å². The number of hydrogen-bond donors (Lipinski definition) is 0. The first-order valence-electron chi connectivity index (χ1n) is 6.60. The molecule has 1 aromatic carbocycles. The normalized spacial score (nSPS) is 12.9. The molecule has 0 aliphatic carbocycles. The van der Waals surface area contributed by atoms with E-state index >= 15 is 0 Å². The van der Waals surface area contributed by atoms with Crippen molar-refractivity contribution in [1.29, 1.82) is 0 Å². The molecule has 0 spiro atoms. The third-order valence-electron chi connectivity index (χ3n) is 3.46. The SMILES string of the molecule is COC(=O)CC(c1ccc(N(C)C)cc1)C(C)(C)C. The van der Waals surface area contributed by atoms with Crippen molar-refractivity contribution < 1.29 is 9.53 Å². The Balaban J connectivity index is 3.01. The zero-order valence-corrected chi connectivity index (χ0v) is 12.9. The van der Waals surface area contributed by atoms with Crippen LogP contribution in [0.3, 0.4) is 0 Å². The molecule has 0 radical (unpaired) electrons. The maximum absolute atomic E-state index is 11.6. The summed E-state index contributed by atoms with van der Waals surface area (Å²) in [4.78, 5) is 13.7. The summed E-state index contributed by atoms with van der Waals surface area (Å²) in [6.07, 6.45) is 0.418. The van der Waals surface area contributed by atoms with Crippen LogP contribution in [0.2, 0.25) is 0 Å². The Bertz CT molecular complexity index is 415. The number of ether oxygens (including phenoxy) is 1. The fourth-order valence-electron chi connectivity index (χ4n) is 2.18. The molecule has 0 saturated carbocycles. The topological polar surface area (TPSA) is 29.5 Å². The molecule has 1 rings (SSSR count). The lowest BCUT2D eigenvalue weighted by molar-refractivity contribution is -0.141. The summed E-state index contributed by atoms with van der Waals surface area (Å²) in [6, 6.07) is 8.39. The predicted molar refractivity (Wildman–Crippen MR) is 79.6 cm³/mol. The highest BCUT2D eigenvalue weighted by atomic mass is 16.5. The number of carbonyl (C=O) groups is 1. The third kappa shape index (κ3) is 4.27. The van der Waals surface area contributed by atoms with Crippen LogP contribution in [0, 0.1) is 5.41 Å². The molecule has 0 heterocycles. The summed E-state index contributed by atoms with van der Waals surface area (Å²) in [5.41, 5.74) is 2.37. The standard InChI is InChI=1S/C16H25NO2/c1-16(2,3)14(11-15(18)19-6)12-7-9-13(10-8-12)17(4)5/h7-10,14H,11H2,1-6H3. The van der Waals surface area contributed by atoms with Gasteiger partial charge in [-0.15, -0.1) is 0 Å². The van der Waals surface area contributed by atoms with E-state index in [2.05, 4.69) is 49.9 Å². The Labute approximate surface area is 116 Å². The fourth-order valence-corrected chi connectivity index (χ4v) is 2.18. The maximum atomic E-state index is 11.6.